The number of nitro benzene ring substituents is 1. The third-order valence-corrected chi connectivity index (χ3v) is 5.15. The van der Waals surface area contributed by atoms with E-state index in [-0.39, 0.29) is 23.6 Å². The number of benzene rings is 2. The van der Waals surface area contributed by atoms with Crippen molar-refractivity contribution in [3.8, 4) is 5.75 Å². The molecule has 1 aliphatic rings. The maximum Gasteiger partial charge on any atom is 0.295 e. The number of hydrogen-bond donors (Lipinski definition) is 1. The molecule has 2 aromatic carbocycles. The van der Waals surface area contributed by atoms with E-state index in [1.807, 2.05) is 6.92 Å². The molecule has 0 aliphatic carbocycles. The second-order valence-electron chi connectivity index (χ2n) is 7.14. The standard InChI is InChI=1S/C23H24N2O7/c1-3-32-18-11-7-16(8-12-18)21(26)19-20(15-5-9-17(10-6-15)25(29)30)24(13-4-14-31-2)23(28)22(19)27/h5-12,20,26H,3-4,13-14H2,1-2H3/t20-/m0/s1. The van der Waals surface area contributed by atoms with Gasteiger partial charge >= 0.3 is 0 Å². The molecule has 9 heteroatoms. The highest BCUT2D eigenvalue weighted by molar-refractivity contribution is 6.46. The lowest BCUT2D eigenvalue weighted by Crippen LogP contribution is -2.31. The number of aliphatic hydroxyl groups excluding tert-OH is 1. The Morgan fingerprint density at radius 3 is 2.34 bits per heavy atom. The maximum atomic E-state index is 12.9. The number of Topliss-reactive ketones (excluding diaryl/α,β-unsaturated/α-hetero) is 1. The lowest BCUT2D eigenvalue weighted by Gasteiger charge is -2.25. The molecular formula is C23H24N2O7. The molecule has 1 heterocycles. The quantitative estimate of drug-likeness (QED) is 0.158. The third kappa shape index (κ3) is 4.62. The first-order chi connectivity index (χ1) is 15.4. The normalized spacial score (nSPS) is 17.6. The van der Waals surface area contributed by atoms with Crippen molar-refractivity contribution in [3.05, 3.63) is 75.3 Å². The number of likely N-dealkylation sites (tertiary alicyclic amines) is 1. The first-order valence-electron chi connectivity index (χ1n) is 10.1. The number of nitrogens with zero attached hydrogens (tertiary/aromatic N) is 2. The number of carbonyl (C=O) groups excluding carboxylic acids is 2. The fourth-order valence-corrected chi connectivity index (χ4v) is 3.65. The van der Waals surface area contributed by atoms with Gasteiger partial charge in [-0.05, 0) is 55.3 Å². The Kier molecular flexibility index (Phi) is 7.21. The van der Waals surface area contributed by atoms with Crippen LogP contribution in [0.4, 0.5) is 5.69 Å². The van der Waals surface area contributed by atoms with Gasteiger partial charge in [-0.1, -0.05) is 0 Å². The second-order valence-corrected chi connectivity index (χ2v) is 7.14. The number of hydrogen-bond acceptors (Lipinski definition) is 7. The zero-order valence-corrected chi connectivity index (χ0v) is 17.8. The van der Waals surface area contributed by atoms with Gasteiger partial charge in [-0.3, -0.25) is 19.7 Å². The average Bonchev–Trinajstić information content (AvgIpc) is 3.04. The number of amides is 1. The zero-order chi connectivity index (χ0) is 23.3. The average molecular weight is 440 g/mol. The van der Waals surface area contributed by atoms with E-state index in [1.54, 1.807) is 24.3 Å². The number of non-ortho nitro benzene ring substituents is 1. The molecule has 168 valence electrons. The summed E-state index contributed by atoms with van der Waals surface area (Å²) in [5.74, 6) is -1.26. The van der Waals surface area contributed by atoms with Gasteiger partial charge in [0.15, 0.2) is 0 Å². The summed E-state index contributed by atoms with van der Waals surface area (Å²) in [7, 11) is 1.54. The fourth-order valence-electron chi connectivity index (χ4n) is 3.65. The molecule has 1 atom stereocenters. The van der Waals surface area contributed by atoms with Crippen LogP contribution in [-0.2, 0) is 14.3 Å². The number of carbonyl (C=O) groups is 2. The lowest BCUT2D eigenvalue weighted by atomic mass is 9.95. The van der Waals surface area contributed by atoms with Crippen molar-refractivity contribution in [1.82, 2.24) is 4.90 Å². The summed E-state index contributed by atoms with van der Waals surface area (Å²) < 4.78 is 10.5. The van der Waals surface area contributed by atoms with Crippen LogP contribution in [0.2, 0.25) is 0 Å². The van der Waals surface area contributed by atoms with Gasteiger partial charge < -0.3 is 19.5 Å². The van der Waals surface area contributed by atoms with E-state index < -0.39 is 22.7 Å². The molecule has 0 spiro atoms. The predicted octanol–water partition coefficient (Wildman–Crippen LogP) is 3.45. The Morgan fingerprint density at radius 2 is 1.78 bits per heavy atom. The Bertz CT molecular complexity index is 1030. The largest absolute Gasteiger partial charge is 0.507 e. The van der Waals surface area contributed by atoms with Crippen LogP contribution in [0.3, 0.4) is 0 Å². The van der Waals surface area contributed by atoms with E-state index in [0.717, 1.165) is 0 Å². The third-order valence-electron chi connectivity index (χ3n) is 5.15. The van der Waals surface area contributed by atoms with Gasteiger partial charge in [-0.15, -0.1) is 0 Å². The number of rotatable bonds is 9. The molecule has 0 saturated carbocycles. The zero-order valence-electron chi connectivity index (χ0n) is 17.8. The number of nitro groups is 1. The Labute approximate surface area is 185 Å². The van der Waals surface area contributed by atoms with Crippen molar-refractivity contribution < 1.29 is 29.1 Å². The summed E-state index contributed by atoms with van der Waals surface area (Å²) in [6.45, 7) is 2.94. The summed E-state index contributed by atoms with van der Waals surface area (Å²) in [4.78, 5) is 37.6. The van der Waals surface area contributed by atoms with Crippen LogP contribution in [0.5, 0.6) is 5.75 Å². The van der Waals surface area contributed by atoms with Crippen LogP contribution < -0.4 is 4.74 Å². The van der Waals surface area contributed by atoms with Crippen molar-refractivity contribution in [3.63, 3.8) is 0 Å². The van der Waals surface area contributed by atoms with Gasteiger partial charge in [0.25, 0.3) is 17.4 Å². The highest BCUT2D eigenvalue weighted by Gasteiger charge is 2.45. The minimum atomic E-state index is -0.876. The Morgan fingerprint density at radius 1 is 1.12 bits per heavy atom. The first-order valence-corrected chi connectivity index (χ1v) is 10.1. The second kappa shape index (κ2) is 10.1. The molecule has 1 fully saturated rings. The van der Waals surface area contributed by atoms with Crippen molar-refractivity contribution in [2.45, 2.75) is 19.4 Å². The van der Waals surface area contributed by atoms with E-state index in [1.165, 1.54) is 36.3 Å². The van der Waals surface area contributed by atoms with E-state index in [2.05, 4.69) is 0 Å². The highest BCUT2D eigenvalue weighted by atomic mass is 16.6. The lowest BCUT2D eigenvalue weighted by molar-refractivity contribution is -0.384. The summed E-state index contributed by atoms with van der Waals surface area (Å²) in [6.07, 6.45) is 0.482. The minimum Gasteiger partial charge on any atom is -0.507 e. The molecule has 0 bridgehead atoms. The molecule has 0 radical (unpaired) electrons. The number of ether oxygens (including phenoxy) is 2. The van der Waals surface area contributed by atoms with Crippen LogP contribution in [0.15, 0.2) is 54.1 Å². The van der Waals surface area contributed by atoms with Crippen molar-refractivity contribution >= 4 is 23.1 Å². The highest BCUT2D eigenvalue weighted by Crippen LogP contribution is 2.40. The van der Waals surface area contributed by atoms with Gasteiger partial charge in [-0.25, -0.2) is 0 Å². The molecule has 0 aromatic heterocycles. The van der Waals surface area contributed by atoms with Crippen LogP contribution >= 0.6 is 0 Å². The molecule has 1 aliphatic heterocycles. The Hall–Kier alpha value is -3.72. The molecule has 1 N–H and O–H groups in total. The van der Waals surface area contributed by atoms with Crippen LogP contribution in [0.1, 0.15) is 30.5 Å². The van der Waals surface area contributed by atoms with Gasteiger partial charge in [-0.2, -0.15) is 0 Å². The molecule has 0 unspecified atom stereocenters. The minimum absolute atomic E-state index is 0.0644. The van der Waals surface area contributed by atoms with Gasteiger partial charge in [0.1, 0.15) is 11.5 Å². The van der Waals surface area contributed by atoms with Crippen molar-refractivity contribution in [2.75, 3.05) is 26.9 Å². The summed E-state index contributed by atoms with van der Waals surface area (Å²) in [6, 6.07) is 11.2. The van der Waals surface area contributed by atoms with Crippen molar-refractivity contribution in [2.24, 2.45) is 0 Å². The van der Waals surface area contributed by atoms with Gasteiger partial charge in [0, 0.05) is 38.0 Å². The molecule has 3 rings (SSSR count). The molecule has 2 aromatic rings. The number of methoxy groups -OCH3 is 1. The number of ketones is 1. The summed E-state index contributed by atoms with van der Waals surface area (Å²) >= 11 is 0. The topological polar surface area (TPSA) is 119 Å². The van der Waals surface area contributed by atoms with E-state index in [0.29, 0.717) is 36.5 Å². The molecule has 9 nitrogen and oxygen atoms in total. The monoisotopic (exact) mass is 440 g/mol. The van der Waals surface area contributed by atoms with Crippen molar-refractivity contribution in [1.29, 1.82) is 0 Å². The summed E-state index contributed by atoms with van der Waals surface area (Å²) in [5.41, 5.74) is 0.664. The number of aliphatic hydroxyl groups is 1. The maximum absolute atomic E-state index is 12.9. The van der Waals surface area contributed by atoms with Gasteiger partial charge in [0.2, 0.25) is 0 Å². The van der Waals surface area contributed by atoms with E-state index in [4.69, 9.17) is 9.47 Å². The smallest absolute Gasteiger partial charge is 0.295 e. The van der Waals surface area contributed by atoms with E-state index >= 15 is 0 Å². The first kappa shape index (κ1) is 23.0. The fraction of sp³-hybridized carbons (Fsp3) is 0.304. The molecule has 32 heavy (non-hydrogen) atoms. The Balaban J connectivity index is 2.07. The molecule has 1 saturated heterocycles. The molecule has 1 amide bonds. The van der Waals surface area contributed by atoms with Crippen LogP contribution in [0, 0.1) is 10.1 Å². The van der Waals surface area contributed by atoms with Crippen LogP contribution in [0.25, 0.3) is 5.76 Å². The SMILES string of the molecule is CCOc1ccc(C(O)=C2C(=O)C(=O)N(CCCOC)[C@H]2c2ccc([N+](=O)[O-])cc2)cc1. The predicted molar refractivity (Wildman–Crippen MR) is 116 cm³/mol. The van der Waals surface area contributed by atoms with E-state index in [9.17, 15) is 24.8 Å². The molecular weight excluding hydrogens is 416 g/mol. The summed E-state index contributed by atoms with van der Waals surface area (Å²) in [5, 5.41) is 22.0. The van der Waals surface area contributed by atoms with Gasteiger partial charge in [0.05, 0.1) is 23.1 Å². The van der Waals surface area contributed by atoms with Crippen LogP contribution in [-0.4, -0.2) is 53.5 Å².